The molecule has 0 atom stereocenters. The highest BCUT2D eigenvalue weighted by molar-refractivity contribution is 7.13. The van der Waals surface area contributed by atoms with E-state index in [0.717, 1.165) is 11.1 Å². The lowest BCUT2D eigenvalue weighted by molar-refractivity contribution is 0.0735. The Morgan fingerprint density at radius 1 is 1.17 bits per heavy atom. The van der Waals surface area contributed by atoms with Crippen LogP contribution in [0.2, 0.25) is 5.02 Å². The number of benzene rings is 2. The lowest BCUT2D eigenvalue weighted by atomic mass is 10.0. The van der Waals surface area contributed by atoms with Crippen molar-refractivity contribution in [1.29, 1.82) is 5.26 Å². The number of carbonyl (C=O) groups excluding carboxylic acids is 1. The van der Waals surface area contributed by atoms with Crippen LogP contribution in [0.15, 0.2) is 64.3 Å². The van der Waals surface area contributed by atoms with Gasteiger partial charge in [-0.3, -0.25) is 14.2 Å². The number of piperazine rings is 1. The predicted molar refractivity (Wildman–Crippen MR) is 168 cm³/mol. The standard InChI is InChI=1S/C32H30ClN5O3S/c1-4-41-29-10-9-23(33)16-28(29)38-27(15-20(2)3)24(31(39)37-13-11-35-12-14-37)17-25(32(38)40)30-36-26(19-42-30)22-7-5-21(18-34)6-8-22/h5-10,15-17,19,35H,4,11-14H2,1-3H3. The molecule has 1 aliphatic heterocycles. The molecule has 0 bridgehead atoms. The first-order chi connectivity index (χ1) is 20.3. The third kappa shape index (κ3) is 6.02. The molecule has 5 rings (SSSR count). The van der Waals surface area contributed by atoms with E-state index in [-0.39, 0.29) is 11.5 Å². The quantitative estimate of drug-likeness (QED) is 0.279. The Morgan fingerprint density at radius 2 is 1.90 bits per heavy atom. The highest BCUT2D eigenvalue weighted by atomic mass is 35.5. The number of ether oxygens (including phenoxy) is 1. The zero-order valence-electron chi connectivity index (χ0n) is 23.6. The first-order valence-corrected chi connectivity index (χ1v) is 14.9. The van der Waals surface area contributed by atoms with Gasteiger partial charge >= 0.3 is 0 Å². The zero-order valence-corrected chi connectivity index (χ0v) is 25.2. The maximum absolute atomic E-state index is 14.5. The molecule has 1 saturated heterocycles. The molecule has 0 aliphatic carbocycles. The molecular weight excluding hydrogens is 570 g/mol. The number of nitrogens with one attached hydrogen (secondary N) is 1. The number of thiazole rings is 1. The van der Waals surface area contributed by atoms with Crippen molar-refractivity contribution in [2.24, 2.45) is 0 Å². The largest absolute Gasteiger partial charge is 0.492 e. The fourth-order valence-corrected chi connectivity index (χ4v) is 5.84. The van der Waals surface area contributed by atoms with Crippen LogP contribution in [0.4, 0.5) is 0 Å². The van der Waals surface area contributed by atoms with Crippen LogP contribution in [0, 0.1) is 11.3 Å². The van der Waals surface area contributed by atoms with Crippen molar-refractivity contribution in [3.05, 3.63) is 91.7 Å². The molecule has 0 unspecified atom stereocenters. The third-order valence-electron chi connectivity index (χ3n) is 6.81. The molecule has 10 heteroatoms. The Bertz CT molecular complexity index is 1760. The van der Waals surface area contributed by atoms with Crippen LogP contribution in [0.3, 0.4) is 0 Å². The highest BCUT2D eigenvalue weighted by Gasteiger charge is 2.27. The number of nitrogens with zero attached hydrogens (tertiary/aromatic N) is 4. The second-order valence-corrected chi connectivity index (χ2v) is 11.3. The van der Waals surface area contributed by atoms with Crippen LogP contribution in [0.25, 0.3) is 33.6 Å². The van der Waals surface area contributed by atoms with Crippen molar-refractivity contribution in [2.45, 2.75) is 20.8 Å². The summed E-state index contributed by atoms with van der Waals surface area (Å²) >= 11 is 7.77. The van der Waals surface area contributed by atoms with Crippen molar-refractivity contribution < 1.29 is 9.53 Å². The van der Waals surface area contributed by atoms with E-state index in [9.17, 15) is 9.59 Å². The summed E-state index contributed by atoms with van der Waals surface area (Å²) in [7, 11) is 0. The van der Waals surface area contributed by atoms with Crippen molar-refractivity contribution in [3.63, 3.8) is 0 Å². The molecular formula is C32H30ClN5O3S. The number of carbonyl (C=O) groups is 1. The van der Waals surface area contributed by atoms with Crippen molar-refractivity contribution in [2.75, 3.05) is 32.8 Å². The monoisotopic (exact) mass is 599 g/mol. The number of pyridine rings is 1. The summed E-state index contributed by atoms with van der Waals surface area (Å²) in [5.41, 5.74) is 4.22. The number of amides is 1. The second-order valence-electron chi connectivity index (χ2n) is 10.0. The van der Waals surface area contributed by atoms with Gasteiger partial charge < -0.3 is 15.0 Å². The summed E-state index contributed by atoms with van der Waals surface area (Å²) in [6.45, 7) is 8.61. The van der Waals surface area contributed by atoms with Gasteiger partial charge in [-0.1, -0.05) is 29.3 Å². The summed E-state index contributed by atoms with van der Waals surface area (Å²) in [5.74, 6) is 0.311. The normalized spacial score (nSPS) is 13.0. The summed E-state index contributed by atoms with van der Waals surface area (Å²) in [5, 5.41) is 15.2. The van der Waals surface area contributed by atoms with Crippen LogP contribution in [0.5, 0.6) is 5.75 Å². The van der Waals surface area contributed by atoms with Gasteiger partial charge in [-0.2, -0.15) is 5.26 Å². The lowest BCUT2D eigenvalue weighted by Crippen LogP contribution is -2.47. The maximum Gasteiger partial charge on any atom is 0.266 e. The Labute approximate surface area is 253 Å². The molecule has 2 aromatic carbocycles. The molecule has 8 nitrogen and oxygen atoms in total. The van der Waals surface area contributed by atoms with Gasteiger partial charge in [-0.25, -0.2) is 4.98 Å². The zero-order chi connectivity index (χ0) is 29.8. The number of rotatable bonds is 7. The minimum Gasteiger partial charge on any atom is -0.492 e. The second kappa shape index (κ2) is 12.7. The predicted octanol–water partition coefficient (Wildman–Crippen LogP) is 6.02. The van der Waals surface area contributed by atoms with Crippen molar-refractivity contribution >= 4 is 34.9 Å². The van der Waals surface area contributed by atoms with E-state index < -0.39 is 0 Å². The van der Waals surface area contributed by atoms with Crippen molar-refractivity contribution in [1.82, 2.24) is 19.8 Å². The Morgan fingerprint density at radius 3 is 2.57 bits per heavy atom. The minimum atomic E-state index is -0.344. The molecule has 3 heterocycles. The third-order valence-corrected chi connectivity index (χ3v) is 7.92. The van der Waals surface area contributed by atoms with Crippen LogP contribution in [-0.4, -0.2) is 53.1 Å². The fourth-order valence-electron chi connectivity index (χ4n) is 4.84. The molecule has 4 aromatic rings. The number of halogens is 1. The van der Waals surface area contributed by atoms with E-state index in [2.05, 4.69) is 11.4 Å². The summed E-state index contributed by atoms with van der Waals surface area (Å²) in [6.07, 6.45) is 1.85. The molecule has 214 valence electrons. The van der Waals surface area contributed by atoms with Gasteiger partial charge in [0.15, 0.2) is 0 Å². The molecule has 42 heavy (non-hydrogen) atoms. The number of nitriles is 1. The number of allylic oxidation sites excluding steroid dienone is 1. The molecule has 1 fully saturated rings. The first-order valence-electron chi connectivity index (χ1n) is 13.6. The lowest BCUT2D eigenvalue weighted by Gasteiger charge is -2.29. The van der Waals surface area contributed by atoms with Gasteiger partial charge in [0.25, 0.3) is 11.5 Å². The molecule has 0 radical (unpaired) electrons. The molecule has 1 aliphatic rings. The Hall–Kier alpha value is -4.23. The van der Waals surface area contributed by atoms with Gasteiger partial charge in [-0.05, 0) is 63.2 Å². The smallest absolute Gasteiger partial charge is 0.266 e. The topological polar surface area (TPSA) is 100 Å². The molecule has 1 N–H and O–H groups in total. The first kappa shape index (κ1) is 29.3. The van der Waals surface area contributed by atoms with Gasteiger partial charge in [0.05, 0.1) is 46.4 Å². The Kier molecular flexibility index (Phi) is 8.88. The van der Waals surface area contributed by atoms with Gasteiger partial charge in [-0.15, -0.1) is 11.3 Å². The van der Waals surface area contributed by atoms with Crippen LogP contribution < -0.4 is 15.6 Å². The van der Waals surface area contributed by atoms with Crippen molar-refractivity contribution in [3.8, 4) is 39.3 Å². The fraction of sp³-hybridized carbons (Fsp3) is 0.250. The maximum atomic E-state index is 14.5. The van der Waals surface area contributed by atoms with Gasteiger partial charge in [0.2, 0.25) is 0 Å². The van der Waals surface area contributed by atoms with Crippen LogP contribution >= 0.6 is 22.9 Å². The van der Waals surface area contributed by atoms with E-state index in [1.165, 1.54) is 15.9 Å². The summed E-state index contributed by atoms with van der Waals surface area (Å²) < 4.78 is 7.45. The number of aromatic nitrogens is 2. The summed E-state index contributed by atoms with van der Waals surface area (Å²) in [6, 6.07) is 16.0. The molecule has 2 aromatic heterocycles. The summed E-state index contributed by atoms with van der Waals surface area (Å²) in [4.78, 5) is 35.1. The molecule has 1 amide bonds. The highest BCUT2D eigenvalue weighted by Crippen LogP contribution is 2.33. The van der Waals surface area contributed by atoms with Crippen LogP contribution in [-0.2, 0) is 0 Å². The average molecular weight is 600 g/mol. The average Bonchev–Trinajstić information content (AvgIpc) is 3.48. The number of hydrogen-bond donors (Lipinski definition) is 1. The van der Waals surface area contributed by atoms with E-state index in [4.69, 9.17) is 26.6 Å². The van der Waals surface area contributed by atoms with E-state index in [1.807, 2.05) is 44.4 Å². The Balaban J connectivity index is 1.78. The van der Waals surface area contributed by atoms with E-state index in [0.29, 0.717) is 82.3 Å². The van der Waals surface area contributed by atoms with E-state index in [1.54, 1.807) is 41.3 Å². The molecule has 0 saturated carbocycles. The minimum absolute atomic E-state index is 0.164. The van der Waals surface area contributed by atoms with Gasteiger partial charge in [0, 0.05) is 42.1 Å². The SMILES string of the molecule is CCOc1ccc(Cl)cc1-n1c(C=C(C)C)c(C(=O)N2CCNCC2)cc(-c2nc(-c3ccc(C#N)cc3)cs2)c1=O. The number of hydrogen-bond acceptors (Lipinski definition) is 7. The molecule has 0 spiro atoms. The van der Waals surface area contributed by atoms with E-state index >= 15 is 0 Å². The van der Waals surface area contributed by atoms with Gasteiger partial charge in [0.1, 0.15) is 10.8 Å². The van der Waals surface area contributed by atoms with Crippen LogP contribution in [0.1, 0.15) is 42.4 Å².